The van der Waals surface area contributed by atoms with Crippen LogP contribution in [0.3, 0.4) is 0 Å². The average molecular weight is 377 g/mol. The van der Waals surface area contributed by atoms with Crippen molar-refractivity contribution in [1.29, 1.82) is 0 Å². The predicted octanol–water partition coefficient (Wildman–Crippen LogP) is 5.06. The Morgan fingerprint density at radius 2 is 1.64 bits per heavy atom. The highest BCUT2D eigenvalue weighted by molar-refractivity contribution is 7.86. The van der Waals surface area contributed by atoms with Gasteiger partial charge in [-0.1, -0.05) is 64.0 Å². The molecule has 0 spiro atoms. The van der Waals surface area contributed by atoms with Crippen molar-refractivity contribution in [2.45, 2.75) is 96.5 Å². The zero-order valence-corrected chi connectivity index (χ0v) is 16.7. The molecule has 1 atom stereocenters. The second-order valence-corrected chi connectivity index (χ2v) is 8.28. The van der Waals surface area contributed by atoms with Gasteiger partial charge >= 0.3 is 5.97 Å². The van der Waals surface area contributed by atoms with Gasteiger partial charge in [0.15, 0.2) is 0 Å². The molecule has 25 heavy (non-hydrogen) atoms. The first-order valence-electron chi connectivity index (χ1n) is 9.60. The van der Waals surface area contributed by atoms with Crippen molar-refractivity contribution in [3.8, 4) is 0 Å². The third-order valence-electron chi connectivity index (χ3n) is 4.02. The van der Waals surface area contributed by atoms with Crippen LogP contribution in [0.1, 0.15) is 90.4 Å². The number of rotatable bonds is 17. The number of hydrogen-bond donors (Lipinski definition) is 1. The molecule has 0 aromatic rings. The molecule has 5 nitrogen and oxygen atoms in total. The van der Waals surface area contributed by atoms with Gasteiger partial charge in [-0.3, -0.25) is 8.98 Å². The highest BCUT2D eigenvalue weighted by Crippen LogP contribution is 2.15. The summed E-state index contributed by atoms with van der Waals surface area (Å²) in [6.07, 6.45) is 17.1. The lowest BCUT2D eigenvalue weighted by Crippen LogP contribution is -2.17. The van der Waals surface area contributed by atoms with E-state index in [-0.39, 0.29) is 12.5 Å². The van der Waals surface area contributed by atoms with Crippen molar-refractivity contribution in [2.24, 2.45) is 0 Å². The third-order valence-corrected chi connectivity index (χ3v) is 4.64. The summed E-state index contributed by atoms with van der Waals surface area (Å²) in [5.41, 5.74) is 0. The van der Waals surface area contributed by atoms with Gasteiger partial charge in [-0.15, -0.1) is 0 Å². The van der Waals surface area contributed by atoms with Gasteiger partial charge in [-0.05, 0) is 32.1 Å². The molecular formula is C19H36O5S. The van der Waals surface area contributed by atoms with Gasteiger partial charge in [0.2, 0.25) is 0 Å². The van der Waals surface area contributed by atoms with Crippen molar-refractivity contribution < 1.29 is 22.5 Å². The minimum absolute atomic E-state index is 0.251. The average Bonchev–Trinajstić information content (AvgIpc) is 2.51. The molecule has 0 rings (SSSR count). The smallest absolute Gasteiger partial charge is 0.303 e. The quantitative estimate of drug-likeness (QED) is 0.218. The predicted molar refractivity (Wildman–Crippen MR) is 102 cm³/mol. The van der Waals surface area contributed by atoms with Gasteiger partial charge in [-0.25, -0.2) is 0 Å². The van der Waals surface area contributed by atoms with Crippen molar-refractivity contribution in [1.82, 2.24) is 0 Å². The highest BCUT2D eigenvalue weighted by atomic mass is 32.2. The van der Waals surface area contributed by atoms with Crippen molar-refractivity contribution in [2.75, 3.05) is 6.26 Å². The molecule has 0 saturated carbocycles. The van der Waals surface area contributed by atoms with Gasteiger partial charge in [0.1, 0.15) is 0 Å². The van der Waals surface area contributed by atoms with Gasteiger partial charge in [0.05, 0.1) is 12.4 Å². The number of hydrogen-bond acceptors (Lipinski definition) is 4. The summed E-state index contributed by atoms with van der Waals surface area (Å²) in [4.78, 5) is 10.4. The summed E-state index contributed by atoms with van der Waals surface area (Å²) in [6.45, 7) is 2.15. The van der Waals surface area contributed by atoms with Crippen LogP contribution in [-0.2, 0) is 19.1 Å². The van der Waals surface area contributed by atoms with Gasteiger partial charge in [0, 0.05) is 6.42 Å². The van der Waals surface area contributed by atoms with Crippen LogP contribution >= 0.6 is 0 Å². The van der Waals surface area contributed by atoms with Gasteiger partial charge in [0.25, 0.3) is 10.1 Å². The van der Waals surface area contributed by atoms with Crippen LogP contribution in [-0.4, -0.2) is 31.9 Å². The molecule has 0 unspecified atom stereocenters. The summed E-state index contributed by atoms with van der Waals surface area (Å²) in [6, 6.07) is 0. The topological polar surface area (TPSA) is 80.7 Å². The highest BCUT2D eigenvalue weighted by Gasteiger charge is 2.13. The second-order valence-electron chi connectivity index (χ2n) is 6.68. The number of allylic oxidation sites excluding steroid dienone is 1. The van der Waals surface area contributed by atoms with E-state index < -0.39 is 16.1 Å². The Labute approximate surface area is 154 Å². The lowest BCUT2D eigenvalue weighted by Gasteiger charge is -2.14. The van der Waals surface area contributed by atoms with Gasteiger partial charge < -0.3 is 5.11 Å². The lowest BCUT2D eigenvalue weighted by molar-refractivity contribution is -0.137. The van der Waals surface area contributed by atoms with E-state index in [1.54, 1.807) is 0 Å². The van der Waals surface area contributed by atoms with E-state index in [2.05, 4.69) is 13.0 Å². The van der Waals surface area contributed by atoms with E-state index >= 15 is 0 Å². The molecule has 0 fully saturated rings. The molecule has 0 radical (unpaired) electrons. The van der Waals surface area contributed by atoms with Crippen LogP contribution in [0.2, 0.25) is 0 Å². The Kier molecular flexibility index (Phi) is 14.8. The Hall–Kier alpha value is -0.880. The van der Waals surface area contributed by atoms with E-state index in [4.69, 9.17) is 9.29 Å². The zero-order chi connectivity index (χ0) is 19.0. The Balaban J connectivity index is 3.86. The number of carboxylic acid groups (broad SMARTS) is 1. The molecule has 0 aliphatic carbocycles. The molecule has 0 bridgehead atoms. The van der Waals surface area contributed by atoms with E-state index in [9.17, 15) is 13.2 Å². The van der Waals surface area contributed by atoms with E-state index in [1.807, 2.05) is 6.08 Å². The first-order chi connectivity index (χ1) is 11.8. The molecule has 148 valence electrons. The molecule has 1 N–H and O–H groups in total. The number of carboxylic acids is 1. The van der Waals surface area contributed by atoms with E-state index in [0.29, 0.717) is 6.42 Å². The molecular weight excluding hydrogens is 340 g/mol. The second kappa shape index (κ2) is 15.4. The molecule has 0 heterocycles. The fourth-order valence-electron chi connectivity index (χ4n) is 2.69. The summed E-state index contributed by atoms with van der Waals surface area (Å²) in [5, 5.41) is 8.55. The Morgan fingerprint density at radius 1 is 1.00 bits per heavy atom. The molecule has 0 saturated heterocycles. The largest absolute Gasteiger partial charge is 0.481 e. The number of carbonyl (C=O) groups is 1. The molecule has 0 aliphatic rings. The molecule has 0 amide bonds. The molecule has 6 heteroatoms. The first kappa shape index (κ1) is 24.1. The SMILES string of the molecule is CCCCCC[C@H](C/C=C/CCCCCCCC(=O)O)OS(C)(=O)=O. The van der Waals surface area contributed by atoms with Crippen molar-refractivity contribution in [3.05, 3.63) is 12.2 Å². The summed E-state index contributed by atoms with van der Waals surface area (Å²) < 4.78 is 27.9. The number of aliphatic carboxylic acids is 1. The fourth-order valence-corrected chi connectivity index (χ4v) is 3.36. The summed E-state index contributed by atoms with van der Waals surface area (Å²) in [5.74, 6) is -0.719. The lowest BCUT2D eigenvalue weighted by atomic mass is 10.1. The minimum Gasteiger partial charge on any atom is -0.481 e. The van der Waals surface area contributed by atoms with Crippen LogP contribution < -0.4 is 0 Å². The van der Waals surface area contributed by atoms with Gasteiger partial charge in [-0.2, -0.15) is 8.42 Å². The van der Waals surface area contributed by atoms with Crippen LogP contribution in [0.25, 0.3) is 0 Å². The van der Waals surface area contributed by atoms with Crippen molar-refractivity contribution >= 4 is 16.1 Å². The molecule has 0 aliphatic heterocycles. The maximum atomic E-state index is 11.3. The maximum absolute atomic E-state index is 11.3. The molecule has 0 aromatic carbocycles. The monoisotopic (exact) mass is 376 g/mol. The summed E-state index contributed by atoms with van der Waals surface area (Å²) in [7, 11) is -3.41. The number of unbranched alkanes of at least 4 members (excludes halogenated alkanes) is 8. The van der Waals surface area contributed by atoms with Crippen molar-refractivity contribution in [3.63, 3.8) is 0 Å². The van der Waals surface area contributed by atoms with Crippen LogP contribution in [0.15, 0.2) is 12.2 Å². The van der Waals surface area contributed by atoms with Crippen LogP contribution in [0.4, 0.5) is 0 Å². The third kappa shape index (κ3) is 19.3. The normalized spacial score (nSPS) is 13.4. The molecule has 0 aromatic heterocycles. The maximum Gasteiger partial charge on any atom is 0.303 e. The zero-order valence-electron chi connectivity index (χ0n) is 15.9. The van der Waals surface area contributed by atoms with Crippen LogP contribution in [0.5, 0.6) is 0 Å². The summed E-state index contributed by atoms with van der Waals surface area (Å²) >= 11 is 0. The Morgan fingerprint density at radius 3 is 2.28 bits per heavy atom. The fraction of sp³-hybridized carbons (Fsp3) is 0.842. The van der Waals surface area contributed by atoms with Crippen LogP contribution in [0, 0.1) is 0 Å². The standard InChI is InChI=1S/C19H36O5S/c1-3-4-5-12-15-18(24-25(2,22)23)16-13-10-8-6-7-9-11-14-17-19(20)21/h10,13,18H,3-9,11-12,14-17H2,1-2H3,(H,20,21)/b13-10+/t18-/m1/s1. The first-order valence-corrected chi connectivity index (χ1v) is 11.4. The van der Waals surface area contributed by atoms with E-state index in [0.717, 1.165) is 70.5 Å². The Bertz CT molecular complexity index is 456. The minimum atomic E-state index is -3.41. The van der Waals surface area contributed by atoms with E-state index in [1.165, 1.54) is 6.42 Å².